The molecule has 1 atom stereocenters. The highest BCUT2D eigenvalue weighted by atomic mass is 16.4. The molecule has 19 heavy (non-hydrogen) atoms. The van der Waals surface area contributed by atoms with Crippen molar-refractivity contribution in [3.8, 4) is 0 Å². The van der Waals surface area contributed by atoms with Crippen molar-refractivity contribution in [3.63, 3.8) is 0 Å². The Morgan fingerprint density at radius 3 is 3.00 bits per heavy atom. The fourth-order valence-corrected chi connectivity index (χ4v) is 2.36. The van der Waals surface area contributed by atoms with Gasteiger partial charge in [0.25, 0.3) is 0 Å². The van der Waals surface area contributed by atoms with Gasteiger partial charge in [-0.2, -0.15) is 0 Å². The van der Waals surface area contributed by atoms with Crippen LogP contribution in [0.2, 0.25) is 0 Å². The van der Waals surface area contributed by atoms with E-state index >= 15 is 0 Å². The van der Waals surface area contributed by atoms with Crippen LogP contribution < -0.4 is 0 Å². The molecule has 1 N–H and O–H groups in total. The van der Waals surface area contributed by atoms with E-state index in [-0.39, 0.29) is 5.91 Å². The number of nitrogens with zero attached hydrogens (tertiary/aromatic N) is 2. The van der Waals surface area contributed by atoms with Gasteiger partial charge in [0.05, 0.1) is 5.92 Å². The molecule has 0 aliphatic carbocycles. The van der Waals surface area contributed by atoms with Crippen LogP contribution in [0, 0.1) is 5.92 Å². The van der Waals surface area contributed by atoms with Gasteiger partial charge >= 0.3 is 5.97 Å². The van der Waals surface area contributed by atoms with Crippen LogP contribution in [0.1, 0.15) is 24.8 Å². The summed E-state index contributed by atoms with van der Waals surface area (Å²) < 4.78 is 0. The maximum Gasteiger partial charge on any atom is 0.308 e. The number of carbonyl (C=O) groups is 2. The lowest BCUT2D eigenvalue weighted by Crippen LogP contribution is -2.42. The molecular weight excluding hydrogens is 244 g/mol. The van der Waals surface area contributed by atoms with Crippen molar-refractivity contribution in [1.29, 1.82) is 0 Å². The first-order valence-electron chi connectivity index (χ1n) is 6.56. The smallest absolute Gasteiger partial charge is 0.308 e. The van der Waals surface area contributed by atoms with Crippen molar-refractivity contribution in [3.05, 3.63) is 30.1 Å². The number of piperidine rings is 1. The molecule has 0 unspecified atom stereocenters. The lowest BCUT2D eigenvalue weighted by atomic mass is 9.98. The molecule has 5 heteroatoms. The second-order valence-corrected chi connectivity index (χ2v) is 4.88. The first-order chi connectivity index (χ1) is 9.16. The summed E-state index contributed by atoms with van der Waals surface area (Å²) in [4.78, 5) is 28.7. The van der Waals surface area contributed by atoms with Gasteiger partial charge in [-0.25, -0.2) is 0 Å². The minimum absolute atomic E-state index is 0.0369. The molecule has 1 aliphatic rings. The number of carboxylic acids is 1. The van der Waals surface area contributed by atoms with E-state index in [1.807, 2.05) is 12.1 Å². The van der Waals surface area contributed by atoms with E-state index in [4.69, 9.17) is 5.11 Å². The van der Waals surface area contributed by atoms with Gasteiger partial charge in [-0.1, -0.05) is 6.07 Å². The van der Waals surface area contributed by atoms with E-state index in [9.17, 15) is 9.59 Å². The quantitative estimate of drug-likeness (QED) is 0.888. The lowest BCUT2D eigenvalue weighted by molar-refractivity contribution is -0.145. The number of amides is 1. The highest BCUT2D eigenvalue weighted by Crippen LogP contribution is 2.17. The number of aromatic nitrogens is 1. The van der Waals surface area contributed by atoms with Crippen molar-refractivity contribution in [2.75, 3.05) is 13.1 Å². The van der Waals surface area contributed by atoms with Crippen LogP contribution >= 0.6 is 0 Å². The van der Waals surface area contributed by atoms with Gasteiger partial charge in [-0.15, -0.1) is 0 Å². The number of carboxylic acid groups (broad SMARTS) is 1. The Hall–Kier alpha value is -1.91. The molecule has 0 spiro atoms. The summed E-state index contributed by atoms with van der Waals surface area (Å²) in [7, 11) is 0. The van der Waals surface area contributed by atoms with E-state index in [1.165, 1.54) is 0 Å². The van der Waals surface area contributed by atoms with E-state index < -0.39 is 11.9 Å². The van der Waals surface area contributed by atoms with Gasteiger partial charge in [0, 0.05) is 31.9 Å². The van der Waals surface area contributed by atoms with Gasteiger partial charge in [-0.05, 0) is 30.9 Å². The largest absolute Gasteiger partial charge is 0.481 e. The molecule has 0 bridgehead atoms. The van der Waals surface area contributed by atoms with Crippen LogP contribution in [0.3, 0.4) is 0 Å². The van der Waals surface area contributed by atoms with E-state index in [0.29, 0.717) is 32.4 Å². The molecule has 102 valence electrons. The summed E-state index contributed by atoms with van der Waals surface area (Å²) in [5, 5.41) is 9.00. The lowest BCUT2D eigenvalue weighted by Gasteiger charge is -2.30. The van der Waals surface area contributed by atoms with Crippen LogP contribution in [-0.4, -0.2) is 40.0 Å². The number of aliphatic carboxylic acids is 1. The van der Waals surface area contributed by atoms with Crippen LogP contribution in [0.4, 0.5) is 0 Å². The molecule has 5 nitrogen and oxygen atoms in total. The van der Waals surface area contributed by atoms with Crippen molar-refractivity contribution < 1.29 is 14.7 Å². The SMILES string of the molecule is O=C(O)[C@@H]1CCCN(C(=O)CCc2cccnc2)C1. The molecule has 0 saturated carbocycles. The zero-order valence-electron chi connectivity index (χ0n) is 10.8. The molecule has 0 aromatic carbocycles. The highest BCUT2D eigenvalue weighted by molar-refractivity contribution is 5.78. The summed E-state index contributed by atoms with van der Waals surface area (Å²) in [5.74, 6) is -1.17. The first kappa shape index (κ1) is 13.5. The van der Waals surface area contributed by atoms with Gasteiger partial charge < -0.3 is 10.0 Å². The van der Waals surface area contributed by atoms with Crippen molar-refractivity contribution >= 4 is 11.9 Å². The Morgan fingerprint density at radius 2 is 2.32 bits per heavy atom. The van der Waals surface area contributed by atoms with Crippen molar-refractivity contribution in [1.82, 2.24) is 9.88 Å². The maximum atomic E-state index is 12.1. The number of hydrogen-bond donors (Lipinski definition) is 1. The summed E-state index contributed by atoms with van der Waals surface area (Å²) >= 11 is 0. The number of aryl methyl sites for hydroxylation is 1. The number of carbonyl (C=O) groups excluding carboxylic acids is 1. The summed E-state index contributed by atoms with van der Waals surface area (Å²) in [5.41, 5.74) is 1.03. The van der Waals surface area contributed by atoms with Crippen LogP contribution in [0.25, 0.3) is 0 Å². The second kappa shape index (κ2) is 6.31. The monoisotopic (exact) mass is 262 g/mol. The number of rotatable bonds is 4. The molecule has 0 radical (unpaired) electrons. The van der Waals surface area contributed by atoms with Crippen molar-refractivity contribution in [2.24, 2.45) is 5.92 Å². The molecule has 2 heterocycles. The van der Waals surface area contributed by atoms with E-state index in [2.05, 4.69) is 4.98 Å². The predicted octanol–water partition coefficient (Wildman–Crippen LogP) is 1.34. The van der Waals surface area contributed by atoms with Crippen LogP contribution in [0.5, 0.6) is 0 Å². The molecule has 1 aromatic rings. The number of pyridine rings is 1. The van der Waals surface area contributed by atoms with Crippen molar-refractivity contribution in [2.45, 2.75) is 25.7 Å². The molecule has 1 fully saturated rings. The average molecular weight is 262 g/mol. The Morgan fingerprint density at radius 1 is 1.47 bits per heavy atom. The second-order valence-electron chi connectivity index (χ2n) is 4.88. The Labute approximate surface area is 112 Å². The molecule has 1 aromatic heterocycles. The van der Waals surface area contributed by atoms with E-state index in [1.54, 1.807) is 17.3 Å². The van der Waals surface area contributed by atoms with Crippen LogP contribution in [-0.2, 0) is 16.0 Å². The molecule has 2 rings (SSSR count). The standard InChI is InChI=1S/C14H18N2O3/c17-13(6-5-11-3-1-7-15-9-11)16-8-2-4-12(10-16)14(18)19/h1,3,7,9,12H,2,4-6,8,10H2,(H,18,19)/t12-/m1/s1. The maximum absolute atomic E-state index is 12.1. The number of hydrogen-bond acceptors (Lipinski definition) is 3. The Bertz CT molecular complexity index is 447. The minimum Gasteiger partial charge on any atom is -0.481 e. The minimum atomic E-state index is -0.801. The predicted molar refractivity (Wildman–Crippen MR) is 69.5 cm³/mol. The van der Waals surface area contributed by atoms with Gasteiger partial charge in [0.1, 0.15) is 0 Å². The molecular formula is C14H18N2O3. The van der Waals surface area contributed by atoms with Crippen LogP contribution in [0.15, 0.2) is 24.5 Å². The molecule has 1 aliphatic heterocycles. The highest BCUT2D eigenvalue weighted by Gasteiger charge is 2.27. The van der Waals surface area contributed by atoms with Gasteiger partial charge in [0.15, 0.2) is 0 Å². The van der Waals surface area contributed by atoms with Gasteiger partial charge in [0.2, 0.25) is 5.91 Å². The normalized spacial score (nSPS) is 19.2. The summed E-state index contributed by atoms with van der Waals surface area (Å²) in [6, 6.07) is 3.79. The number of likely N-dealkylation sites (tertiary alicyclic amines) is 1. The fourth-order valence-electron chi connectivity index (χ4n) is 2.36. The summed E-state index contributed by atoms with van der Waals surface area (Å²) in [6.07, 6.45) is 5.97. The van der Waals surface area contributed by atoms with E-state index in [0.717, 1.165) is 12.0 Å². The topological polar surface area (TPSA) is 70.5 Å². The third kappa shape index (κ3) is 3.77. The third-order valence-corrected chi connectivity index (χ3v) is 3.47. The average Bonchev–Trinajstić information content (AvgIpc) is 2.46. The summed E-state index contributed by atoms with van der Waals surface area (Å²) in [6.45, 7) is 1.02. The Kier molecular flexibility index (Phi) is 4.49. The van der Waals surface area contributed by atoms with Gasteiger partial charge in [-0.3, -0.25) is 14.6 Å². The third-order valence-electron chi connectivity index (χ3n) is 3.47. The zero-order valence-corrected chi connectivity index (χ0v) is 10.8. The molecule has 1 amide bonds. The Balaban J connectivity index is 1.84. The fraction of sp³-hybridized carbons (Fsp3) is 0.500. The molecule has 1 saturated heterocycles. The first-order valence-corrected chi connectivity index (χ1v) is 6.56. The zero-order chi connectivity index (χ0) is 13.7.